The van der Waals surface area contributed by atoms with E-state index in [1.807, 2.05) is 26.0 Å². The first-order valence-electron chi connectivity index (χ1n) is 8.06. The van der Waals surface area contributed by atoms with E-state index in [-0.39, 0.29) is 17.9 Å². The van der Waals surface area contributed by atoms with Crippen molar-refractivity contribution in [1.82, 2.24) is 25.8 Å². The van der Waals surface area contributed by atoms with Gasteiger partial charge in [-0.05, 0) is 49.4 Å². The van der Waals surface area contributed by atoms with Gasteiger partial charge in [0.1, 0.15) is 5.82 Å². The Morgan fingerprint density at radius 2 is 2.24 bits per heavy atom. The largest absolute Gasteiger partial charge is 0.351 e. The molecule has 8 heteroatoms. The fourth-order valence-corrected chi connectivity index (χ4v) is 4.15. The smallest absolute Gasteiger partial charge is 0.261 e. The van der Waals surface area contributed by atoms with E-state index in [1.54, 1.807) is 6.07 Å². The molecule has 0 saturated carbocycles. The molecule has 0 unspecified atom stereocenters. The number of aryl methyl sites for hydroxylation is 1. The monoisotopic (exact) mass is 355 g/mol. The van der Waals surface area contributed by atoms with Gasteiger partial charge in [0, 0.05) is 16.8 Å². The molecular weight excluding hydrogens is 338 g/mol. The SMILES string of the molecule is Cc1nc([C@H](C)NC(=O)c2ccc3sc4c(c3c2)CCNC4=O)n[nH]1. The number of rotatable bonds is 3. The van der Waals surface area contributed by atoms with Gasteiger partial charge in [0.05, 0.1) is 10.9 Å². The lowest BCUT2D eigenvalue weighted by Gasteiger charge is -2.13. The van der Waals surface area contributed by atoms with Crippen molar-refractivity contribution in [2.45, 2.75) is 26.3 Å². The summed E-state index contributed by atoms with van der Waals surface area (Å²) >= 11 is 1.47. The fourth-order valence-electron chi connectivity index (χ4n) is 3.00. The summed E-state index contributed by atoms with van der Waals surface area (Å²) in [6.07, 6.45) is 0.791. The molecule has 7 nitrogen and oxygen atoms in total. The van der Waals surface area contributed by atoms with Crippen molar-refractivity contribution in [2.75, 3.05) is 6.54 Å². The number of nitrogens with zero attached hydrogens (tertiary/aromatic N) is 2. The third-order valence-electron chi connectivity index (χ3n) is 4.27. The number of hydrogen-bond acceptors (Lipinski definition) is 5. The second kappa shape index (κ2) is 5.96. The zero-order chi connectivity index (χ0) is 17.6. The van der Waals surface area contributed by atoms with Gasteiger partial charge in [-0.15, -0.1) is 11.3 Å². The Hall–Kier alpha value is -2.74. The summed E-state index contributed by atoms with van der Waals surface area (Å²) in [5, 5.41) is 13.6. The van der Waals surface area contributed by atoms with E-state index in [1.165, 1.54) is 11.3 Å². The number of aromatic amines is 1. The number of fused-ring (bicyclic) bond motifs is 3. The number of hydrogen-bond donors (Lipinski definition) is 3. The third kappa shape index (κ3) is 2.78. The molecule has 25 heavy (non-hydrogen) atoms. The molecule has 2 aromatic heterocycles. The maximum absolute atomic E-state index is 12.6. The highest BCUT2D eigenvalue weighted by atomic mass is 32.1. The number of nitrogens with one attached hydrogen (secondary N) is 3. The third-order valence-corrected chi connectivity index (χ3v) is 5.48. The Labute approximate surface area is 147 Å². The van der Waals surface area contributed by atoms with Crippen molar-refractivity contribution >= 4 is 33.2 Å². The average Bonchev–Trinajstić information content (AvgIpc) is 3.19. The van der Waals surface area contributed by atoms with Crippen LogP contribution in [0.4, 0.5) is 0 Å². The summed E-state index contributed by atoms with van der Waals surface area (Å²) < 4.78 is 1.02. The van der Waals surface area contributed by atoms with Gasteiger partial charge in [-0.2, -0.15) is 5.10 Å². The molecule has 0 spiro atoms. The number of thiophene rings is 1. The normalized spacial score (nSPS) is 14.9. The zero-order valence-electron chi connectivity index (χ0n) is 13.8. The quantitative estimate of drug-likeness (QED) is 0.670. The maximum Gasteiger partial charge on any atom is 0.261 e. The van der Waals surface area contributed by atoms with Gasteiger partial charge >= 0.3 is 0 Å². The molecule has 3 N–H and O–H groups in total. The fraction of sp³-hybridized carbons (Fsp3) is 0.294. The predicted molar refractivity (Wildman–Crippen MR) is 94.9 cm³/mol. The second-order valence-electron chi connectivity index (χ2n) is 6.10. The van der Waals surface area contributed by atoms with E-state index in [9.17, 15) is 9.59 Å². The summed E-state index contributed by atoms with van der Waals surface area (Å²) in [5.41, 5.74) is 1.61. The van der Waals surface area contributed by atoms with Crippen LogP contribution < -0.4 is 10.6 Å². The molecule has 128 valence electrons. The average molecular weight is 355 g/mol. The summed E-state index contributed by atoms with van der Waals surface area (Å²) in [5.74, 6) is 1.05. The van der Waals surface area contributed by atoms with Crippen molar-refractivity contribution in [2.24, 2.45) is 0 Å². The second-order valence-corrected chi connectivity index (χ2v) is 7.15. The van der Waals surface area contributed by atoms with Crippen LogP contribution in [0.3, 0.4) is 0 Å². The highest BCUT2D eigenvalue weighted by molar-refractivity contribution is 7.21. The Kier molecular flexibility index (Phi) is 3.76. The highest BCUT2D eigenvalue weighted by Gasteiger charge is 2.23. The molecule has 3 aromatic rings. The van der Waals surface area contributed by atoms with Gasteiger partial charge < -0.3 is 10.6 Å². The molecule has 2 amide bonds. The van der Waals surface area contributed by atoms with E-state index < -0.39 is 0 Å². The molecular formula is C17H17N5O2S. The van der Waals surface area contributed by atoms with Crippen molar-refractivity contribution in [3.63, 3.8) is 0 Å². The van der Waals surface area contributed by atoms with Crippen LogP contribution in [-0.2, 0) is 6.42 Å². The van der Waals surface area contributed by atoms with Crippen molar-refractivity contribution in [1.29, 1.82) is 0 Å². The van der Waals surface area contributed by atoms with E-state index in [0.29, 0.717) is 23.8 Å². The van der Waals surface area contributed by atoms with Crippen LogP contribution in [0.5, 0.6) is 0 Å². The Balaban J connectivity index is 1.62. The Bertz CT molecular complexity index is 990. The zero-order valence-corrected chi connectivity index (χ0v) is 14.7. The van der Waals surface area contributed by atoms with E-state index >= 15 is 0 Å². The number of carbonyl (C=O) groups is 2. The van der Waals surface area contributed by atoms with Crippen molar-refractivity contribution < 1.29 is 9.59 Å². The van der Waals surface area contributed by atoms with E-state index in [0.717, 1.165) is 26.9 Å². The van der Waals surface area contributed by atoms with Gasteiger partial charge in [-0.3, -0.25) is 14.7 Å². The number of aromatic nitrogens is 3. The first-order valence-corrected chi connectivity index (χ1v) is 8.88. The van der Waals surface area contributed by atoms with E-state index in [4.69, 9.17) is 0 Å². The molecule has 0 radical (unpaired) electrons. The van der Waals surface area contributed by atoms with Crippen LogP contribution in [0.1, 0.15) is 50.2 Å². The Morgan fingerprint density at radius 1 is 1.40 bits per heavy atom. The molecule has 4 rings (SSSR count). The van der Waals surface area contributed by atoms with Gasteiger partial charge in [-0.25, -0.2) is 4.98 Å². The first kappa shape index (κ1) is 15.8. The summed E-state index contributed by atoms with van der Waals surface area (Å²) in [7, 11) is 0. The molecule has 3 heterocycles. The molecule has 1 aromatic carbocycles. The lowest BCUT2D eigenvalue weighted by atomic mass is 10.0. The van der Waals surface area contributed by atoms with Crippen molar-refractivity contribution in [3.8, 4) is 0 Å². The lowest BCUT2D eigenvalue weighted by molar-refractivity contribution is 0.0934. The predicted octanol–water partition coefficient (Wildman–Crippen LogP) is 2.10. The number of benzene rings is 1. The van der Waals surface area contributed by atoms with Crippen LogP contribution in [0.15, 0.2) is 18.2 Å². The van der Waals surface area contributed by atoms with Crippen LogP contribution in [-0.4, -0.2) is 33.5 Å². The standard InChI is InChI=1S/C17H17N5O2S/c1-8(15-20-9(2)21-22-15)19-16(23)10-3-4-13-12(7-10)11-5-6-18-17(24)14(11)25-13/h3-4,7-8H,5-6H2,1-2H3,(H,18,24)(H,19,23)(H,20,21,22)/t8-/m0/s1. The lowest BCUT2D eigenvalue weighted by Crippen LogP contribution is -2.30. The van der Waals surface area contributed by atoms with Crippen LogP contribution in [0.2, 0.25) is 0 Å². The minimum Gasteiger partial charge on any atom is -0.351 e. The molecule has 0 fully saturated rings. The first-order chi connectivity index (χ1) is 12.0. The van der Waals surface area contributed by atoms with E-state index in [2.05, 4.69) is 25.8 Å². The molecule has 1 aliphatic rings. The summed E-state index contributed by atoms with van der Waals surface area (Å²) in [6, 6.07) is 5.26. The molecule has 1 aliphatic heterocycles. The van der Waals surface area contributed by atoms with Crippen LogP contribution >= 0.6 is 11.3 Å². The Morgan fingerprint density at radius 3 is 3.00 bits per heavy atom. The van der Waals surface area contributed by atoms with Gasteiger partial charge in [-0.1, -0.05) is 0 Å². The highest BCUT2D eigenvalue weighted by Crippen LogP contribution is 2.34. The molecule has 0 bridgehead atoms. The molecule has 0 aliphatic carbocycles. The van der Waals surface area contributed by atoms with Crippen LogP contribution in [0.25, 0.3) is 10.1 Å². The number of carbonyl (C=O) groups excluding carboxylic acids is 2. The van der Waals surface area contributed by atoms with Gasteiger partial charge in [0.25, 0.3) is 11.8 Å². The maximum atomic E-state index is 12.6. The number of H-pyrrole nitrogens is 1. The van der Waals surface area contributed by atoms with Gasteiger partial charge in [0.2, 0.25) is 0 Å². The van der Waals surface area contributed by atoms with Crippen molar-refractivity contribution in [3.05, 3.63) is 45.9 Å². The molecule has 0 saturated heterocycles. The van der Waals surface area contributed by atoms with Crippen LogP contribution in [0, 0.1) is 6.92 Å². The van der Waals surface area contributed by atoms with Gasteiger partial charge in [0.15, 0.2) is 5.82 Å². The minimum absolute atomic E-state index is 0.0259. The molecule has 1 atom stereocenters. The minimum atomic E-state index is -0.296. The number of amides is 2. The topological polar surface area (TPSA) is 99.8 Å². The summed E-state index contributed by atoms with van der Waals surface area (Å²) in [6.45, 7) is 4.29. The summed E-state index contributed by atoms with van der Waals surface area (Å²) in [4.78, 5) is 29.6.